The minimum Gasteiger partial charge on any atom is -0.284 e. The summed E-state index contributed by atoms with van der Waals surface area (Å²) < 4.78 is 37.4. The van der Waals surface area contributed by atoms with Crippen molar-refractivity contribution in [3.63, 3.8) is 0 Å². The summed E-state index contributed by atoms with van der Waals surface area (Å²) in [5, 5.41) is 3.61. The van der Waals surface area contributed by atoms with Gasteiger partial charge in [-0.1, -0.05) is 0 Å². The normalized spacial score (nSPS) is 11.5. The second kappa shape index (κ2) is 3.96. The molecule has 0 aliphatic carbocycles. The van der Waals surface area contributed by atoms with Crippen LogP contribution in [0.4, 0.5) is 13.2 Å². The van der Waals surface area contributed by atoms with Crippen molar-refractivity contribution in [2.75, 3.05) is 0 Å². The Labute approximate surface area is 92.9 Å². The molecule has 0 spiro atoms. The number of carbonyl (C=O) groups is 1. The van der Waals surface area contributed by atoms with Gasteiger partial charge in [0.1, 0.15) is 0 Å². The molecule has 0 amide bonds. The zero-order chi connectivity index (χ0) is 12.5. The first kappa shape index (κ1) is 11.2. The summed E-state index contributed by atoms with van der Waals surface area (Å²) in [6, 6.07) is 0. The van der Waals surface area contributed by atoms with E-state index in [0.29, 0.717) is 0 Å². The maximum Gasteiger partial charge on any atom is 0.454 e. The van der Waals surface area contributed by atoms with Crippen LogP contribution in [0, 0.1) is 0 Å². The first-order valence-corrected chi connectivity index (χ1v) is 4.41. The number of rotatable bonds is 2. The topological polar surface area (TPSA) is 60.7 Å². The third-order valence-electron chi connectivity index (χ3n) is 1.89. The molecule has 0 unspecified atom stereocenters. The van der Waals surface area contributed by atoms with Gasteiger partial charge in [-0.05, 0) is 0 Å². The van der Waals surface area contributed by atoms with Gasteiger partial charge >= 0.3 is 6.18 Å². The first-order chi connectivity index (χ1) is 7.98. The summed E-state index contributed by atoms with van der Waals surface area (Å²) in [7, 11) is 0. The second-order valence-electron chi connectivity index (χ2n) is 3.06. The summed E-state index contributed by atoms with van der Waals surface area (Å²) in [4.78, 5) is 18.5. The number of aromatic nitrogens is 4. The van der Waals surface area contributed by atoms with Gasteiger partial charge in [0.05, 0.1) is 18.0 Å². The van der Waals surface area contributed by atoms with Crippen LogP contribution in [0.1, 0.15) is 10.4 Å². The Hall–Kier alpha value is -2.25. The van der Waals surface area contributed by atoms with Crippen LogP contribution in [-0.4, -0.2) is 31.7 Å². The number of Topliss-reactive ketones (excluding diaryl/α,β-unsaturated/α-hetero) is 1. The predicted octanol–water partition coefficient (Wildman–Crippen LogP) is 1.41. The zero-order valence-electron chi connectivity index (χ0n) is 8.22. The van der Waals surface area contributed by atoms with Crippen LogP contribution in [0.5, 0.6) is 0 Å². The van der Waals surface area contributed by atoms with E-state index in [1.807, 2.05) is 0 Å². The molecule has 0 fully saturated rings. The van der Waals surface area contributed by atoms with Gasteiger partial charge in [-0.25, -0.2) is 9.67 Å². The van der Waals surface area contributed by atoms with Crippen molar-refractivity contribution >= 4 is 5.78 Å². The van der Waals surface area contributed by atoms with Gasteiger partial charge in [-0.2, -0.15) is 18.3 Å². The molecular formula is C9H5F3N4O. The molecule has 88 valence electrons. The van der Waals surface area contributed by atoms with E-state index in [9.17, 15) is 18.0 Å². The van der Waals surface area contributed by atoms with Crippen LogP contribution in [0.3, 0.4) is 0 Å². The van der Waals surface area contributed by atoms with Gasteiger partial charge in [0.2, 0.25) is 0 Å². The average Bonchev–Trinajstić information content (AvgIpc) is 2.77. The van der Waals surface area contributed by atoms with Crippen LogP contribution in [0.25, 0.3) is 5.82 Å². The minimum atomic E-state index is -4.91. The lowest BCUT2D eigenvalue weighted by atomic mass is 10.2. The van der Waals surface area contributed by atoms with E-state index in [1.165, 1.54) is 18.6 Å². The zero-order valence-corrected chi connectivity index (χ0v) is 8.22. The number of hydrogen-bond acceptors (Lipinski definition) is 4. The molecule has 0 aliphatic rings. The largest absolute Gasteiger partial charge is 0.454 e. The smallest absolute Gasteiger partial charge is 0.284 e. The summed E-state index contributed by atoms with van der Waals surface area (Å²) in [5.74, 6) is -1.71. The molecule has 2 aromatic rings. The van der Waals surface area contributed by atoms with Crippen LogP contribution >= 0.6 is 0 Å². The molecule has 5 nitrogen and oxygen atoms in total. The maximum absolute atomic E-state index is 12.1. The quantitative estimate of drug-likeness (QED) is 0.747. The average molecular weight is 242 g/mol. The van der Waals surface area contributed by atoms with Crippen LogP contribution in [0.2, 0.25) is 0 Å². The van der Waals surface area contributed by atoms with E-state index < -0.39 is 17.5 Å². The molecule has 0 bridgehead atoms. The lowest BCUT2D eigenvalue weighted by Gasteiger charge is -2.01. The lowest BCUT2D eigenvalue weighted by Crippen LogP contribution is -2.22. The van der Waals surface area contributed by atoms with Crippen molar-refractivity contribution in [3.8, 4) is 5.82 Å². The van der Waals surface area contributed by atoms with Crippen molar-refractivity contribution in [3.05, 3.63) is 36.5 Å². The molecule has 2 rings (SSSR count). The van der Waals surface area contributed by atoms with Gasteiger partial charge in [0.15, 0.2) is 5.82 Å². The standard InChI is InChI=1S/C9H5F3N4O/c10-9(11,12)8(17)6-3-15-16(5-6)7-4-13-1-2-14-7/h1-5H. The molecule has 17 heavy (non-hydrogen) atoms. The number of halogens is 3. The highest BCUT2D eigenvalue weighted by Gasteiger charge is 2.40. The molecule has 0 saturated carbocycles. The third-order valence-corrected chi connectivity index (χ3v) is 1.89. The number of carbonyl (C=O) groups excluding carboxylic acids is 1. The van der Waals surface area contributed by atoms with Gasteiger partial charge in [-0.15, -0.1) is 0 Å². The number of alkyl halides is 3. The van der Waals surface area contributed by atoms with Crippen LogP contribution in [0.15, 0.2) is 31.0 Å². The van der Waals surface area contributed by atoms with Crippen LogP contribution < -0.4 is 0 Å². The Morgan fingerprint density at radius 1 is 1.24 bits per heavy atom. The molecule has 0 N–H and O–H groups in total. The van der Waals surface area contributed by atoms with Gasteiger partial charge < -0.3 is 0 Å². The summed E-state index contributed by atoms with van der Waals surface area (Å²) in [6.45, 7) is 0. The summed E-state index contributed by atoms with van der Waals surface area (Å²) in [5.41, 5.74) is -0.539. The molecule has 8 heteroatoms. The lowest BCUT2D eigenvalue weighted by molar-refractivity contribution is -0.0885. The van der Waals surface area contributed by atoms with Crippen molar-refractivity contribution in [1.29, 1.82) is 0 Å². The van der Waals surface area contributed by atoms with Gasteiger partial charge in [0.25, 0.3) is 5.78 Å². The molecule has 0 aliphatic heterocycles. The number of ketones is 1. The van der Waals surface area contributed by atoms with Crippen molar-refractivity contribution in [2.45, 2.75) is 6.18 Å². The predicted molar refractivity (Wildman–Crippen MR) is 49.5 cm³/mol. The van der Waals surface area contributed by atoms with E-state index >= 15 is 0 Å². The Kier molecular flexibility index (Phi) is 2.62. The number of nitrogens with zero attached hydrogens (tertiary/aromatic N) is 4. The first-order valence-electron chi connectivity index (χ1n) is 4.41. The summed E-state index contributed by atoms with van der Waals surface area (Å²) in [6.07, 6.45) is 0.979. The third kappa shape index (κ3) is 2.30. The Bertz CT molecular complexity index is 535. The van der Waals surface area contributed by atoms with Crippen LogP contribution in [-0.2, 0) is 0 Å². The molecule has 0 saturated heterocycles. The Morgan fingerprint density at radius 3 is 2.59 bits per heavy atom. The molecule has 2 aromatic heterocycles. The molecular weight excluding hydrogens is 237 g/mol. The maximum atomic E-state index is 12.1. The van der Waals surface area contributed by atoms with Crippen molar-refractivity contribution in [1.82, 2.24) is 19.7 Å². The SMILES string of the molecule is O=C(c1cnn(-c2cnccn2)c1)C(F)(F)F. The molecule has 0 atom stereocenters. The monoisotopic (exact) mass is 242 g/mol. The van der Waals surface area contributed by atoms with E-state index in [0.717, 1.165) is 17.1 Å². The molecule has 0 radical (unpaired) electrons. The Balaban J connectivity index is 2.32. The summed E-state index contributed by atoms with van der Waals surface area (Å²) >= 11 is 0. The van der Waals surface area contributed by atoms with Gasteiger partial charge in [-0.3, -0.25) is 9.78 Å². The highest BCUT2D eigenvalue weighted by atomic mass is 19.4. The van der Waals surface area contributed by atoms with Gasteiger partial charge in [0, 0.05) is 18.6 Å². The van der Waals surface area contributed by atoms with Crippen molar-refractivity contribution < 1.29 is 18.0 Å². The van der Waals surface area contributed by atoms with E-state index in [4.69, 9.17) is 0 Å². The fourth-order valence-corrected chi connectivity index (χ4v) is 1.14. The second-order valence-corrected chi connectivity index (χ2v) is 3.06. The highest BCUT2D eigenvalue weighted by molar-refractivity contribution is 5.99. The van der Waals surface area contributed by atoms with E-state index in [2.05, 4.69) is 15.1 Å². The fraction of sp³-hybridized carbons (Fsp3) is 0.111. The molecule has 0 aromatic carbocycles. The number of hydrogen-bond donors (Lipinski definition) is 0. The van der Waals surface area contributed by atoms with Crippen molar-refractivity contribution in [2.24, 2.45) is 0 Å². The highest BCUT2D eigenvalue weighted by Crippen LogP contribution is 2.21. The fourth-order valence-electron chi connectivity index (χ4n) is 1.14. The molecule has 2 heterocycles. The van der Waals surface area contributed by atoms with E-state index in [-0.39, 0.29) is 5.82 Å². The minimum absolute atomic E-state index is 0.230. The Morgan fingerprint density at radius 2 is 2.00 bits per heavy atom. The van der Waals surface area contributed by atoms with E-state index in [1.54, 1.807) is 0 Å².